The summed E-state index contributed by atoms with van der Waals surface area (Å²) in [5.74, 6) is 0.549. The topological polar surface area (TPSA) is 42.2 Å². The fraction of sp³-hybridized carbons (Fsp3) is 0. The van der Waals surface area contributed by atoms with Crippen molar-refractivity contribution >= 4 is 33.6 Å². The van der Waals surface area contributed by atoms with Crippen molar-refractivity contribution in [3.63, 3.8) is 0 Å². The van der Waals surface area contributed by atoms with Crippen LogP contribution in [0.4, 0.5) is 0 Å². The Hall–Kier alpha value is -2.07. The number of halogens is 1. The van der Waals surface area contributed by atoms with Crippen LogP contribution in [-0.2, 0) is 4.79 Å². The summed E-state index contributed by atoms with van der Waals surface area (Å²) in [6.07, 6.45) is 5.13. The highest BCUT2D eigenvalue weighted by atomic mass is 79.9. The van der Waals surface area contributed by atoms with Gasteiger partial charge in [-0.3, -0.25) is 4.79 Å². The lowest BCUT2D eigenvalue weighted by Gasteiger charge is -2.02. The van der Waals surface area contributed by atoms with Crippen LogP contribution < -0.4 is 5.32 Å². The lowest BCUT2D eigenvalue weighted by molar-refractivity contribution is -0.115. The van der Waals surface area contributed by atoms with E-state index >= 15 is 0 Å². The zero-order chi connectivity index (χ0) is 13.2. The average Bonchev–Trinajstić information content (AvgIpc) is 3.02. The van der Waals surface area contributed by atoms with Crippen LogP contribution in [-0.4, -0.2) is 5.91 Å². The van der Waals surface area contributed by atoms with Crippen molar-refractivity contribution in [2.45, 2.75) is 0 Å². The molecule has 1 amide bonds. The Morgan fingerprint density at radius 3 is 2.63 bits per heavy atom. The van der Waals surface area contributed by atoms with Crippen LogP contribution in [0.2, 0.25) is 0 Å². The van der Waals surface area contributed by atoms with Crippen LogP contribution >= 0.6 is 15.9 Å². The molecule has 0 radical (unpaired) electrons. The van der Waals surface area contributed by atoms with Gasteiger partial charge < -0.3 is 9.73 Å². The Balaban J connectivity index is 1.93. The summed E-state index contributed by atoms with van der Waals surface area (Å²) in [5.41, 5.74) is 2.36. The highest BCUT2D eigenvalue weighted by Crippen LogP contribution is 2.23. The van der Waals surface area contributed by atoms with E-state index < -0.39 is 0 Å². The molecular weight excluding hydrogens is 306 g/mol. The highest BCUT2D eigenvalue weighted by molar-refractivity contribution is 9.10. The van der Waals surface area contributed by atoms with Gasteiger partial charge in [0.05, 0.1) is 6.26 Å². The minimum Gasteiger partial charge on any atom is -0.465 e. The van der Waals surface area contributed by atoms with Gasteiger partial charge in [-0.25, -0.2) is 0 Å². The van der Waals surface area contributed by atoms with Crippen LogP contribution in [0.15, 0.2) is 63.2 Å². The second kappa shape index (κ2) is 4.90. The average molecular weight is 316 g/mol. The maximum atomic E-state index is 11.9. The molecular formula is C15H10BrNO2. The lowest BCUT2D eigenvalue weighted by atomic mass is 10.1. The molecule has 0 spiro atoms. The highest BCUT2D eigenvalue weighted by Gasteiger charge is 2.19. The lowest BCUT2D eigenvalue weighted by Crippen LogP contribution is -2.15. The number of carbonyl (C=O) groups excluding carboxylic acids is 1. The number of hydrogen-bond acceptors (Lipinski definition) is 2. The van der Waals surface area contributed by atoms with E-state index in [1.54, 1.807) is 18.4 Å². The Morgan fingerprint density at radius 2 is 1.95 bits per heavy atom. The first-order valence-electron chi connectivity index (χ1n) is 5.76. The van der Waals surface area contributed by atoms with E-state index in [9.17, 15) is 4.79 Å². The Labute approximate surface area is 118 Å². The predicted octanol–water partition coefficient (Wildman–Crippen LogP) is 3.60. The summed E-state index contributed by atoms with van der Waals surface area (Å²) in [6.45, 7) is 0. The molecule has 1 aromatic heterocycles. The summed E-state index contributed by atoms with van der Waals surface area (Å²) < 4.78 is 6.22. The maximum Gasteiger partial charge on any atom is 0.255 e. The SMILES string of the molecule is O=C1NC(c2ccc(Br)cc2)=CC1=Cc1ccco1. The van der Waals surface area contributed by atoms with E-state index in [-0.39, 0.29) is 5.91 Å². The van der Waals surface area contributed by atoms with Gasteiger partial charge in [-0.1, -0.05) is 28.1 Å². The first kappa shape index (κ1) is 12.0. The van der Waals surface area contributed by atoms with Gasteiger partial charge in [0.15, 0.2) is 0 Å². The summed E-state index contributed by atoms with van der Waals surface area (Å²) in [7, 11) is 0. The van der Waals surface area contributed by atoms with Crippen molar-refractivity contribution < 1.29 is 9.21 Å². The molecule has 19 heavy (non-hydrogen) atoms. The molecule has 2 heterocycles. The minimum absolute atomic E-state index is 0.116. The van der Waals surface area contributed by atoms with Gasteiger partial charge in [-0.15, -0.1) is 0 Å². The number of hydrogen-bond donors (Lipinski definition) is 1. The van der Waals surface area contributed by atoms with Crippen LogP contribution in [0.25, 0.3) is 11.8 Å². The molecule has 94 valence electrons. The zero-order valence-corrected chi connectivity index (χ0v) is 11.5. The van der Waals surface area contributed by atoms with Crippen LogP contribution in [0.1, 0.15) is 11.3 Å². The van der Waals surface area contributed by atoms with E-state index in [4.69, 9.17) is 4.42 Å². The van der Waals surface area contributed by atoms with Crippen molar-refractivity contribution in [3.8, 4) is 0 Å². The molecule has 4 heteroatoms. The normalized spacial score (nSPS) is 16.6. The molecule has 0 saturated carbocycles. The molecule has 3 rings (SSSR count). The molecule has 0 unspecified atom stereocenters. The van der Waals surface area contributed by atoms with Crippen LogP contribution in [0, 0.1) is 0 Å². The van der Waals surface area contributed by atoms with Gasteiger partial charge in [-0.05, 0) is 42.0 Å². The number of amides is 1. The van der Waals surface area contributed by atoms with E-state index in [1.807, 2.05) is 36.4 Å². The molecule has 1 aliphatic heterocycles. The predicted molar refractivity (Wildman–Crippen MR) is 76.9 cm³/mol. The van der Waals surface area contributed by atoms with E-state index in [0.717, 1.165) is 15.7 Å². The van der Waals surface area contributed by atoms with E-state index in [0.29, 0.717) is 11.3 Å². The summed E-state index contributed by atoms with van der Waals surface area (Å²) >= 11 is 3.39. The third kappa shape index (κ3) is 2.53. The van der Waals surface area contributed by atoms with Gasteiger partial charge in [0.1, 0.15) is 5.76 Å². The number of carbonyl (C=O) groups is 1. The van der Waals surface area contributed by atoms with Crippen molar-refractivity contribution in [2.75, 3.05) is 0 Å². The molecule has 0 bridgehead atoms. The second-order valence-corrected chi connectivity index (χ2v) is 5.05. The maximum absolute atomic E-state index is 11.9. The summed E-state index contributed by atoms with van der Waals surface area (Å²) in [4.78, 5) is 11.9. The molecule has 0 aliphatic carbocycles. The number of benzene rings is 1. The zero-order valence-electron chi connectivity index (χ0n) is 9.89. The van der Waals surface area contributed by atoms with Crippen LogP contribution in [0.3, 0.4) is 0 Å². The third-order valence-electron chi connectivity index (χ3n) is 2.81. The molecule has 0 saturated heterocycles. The van der Waals surface area contributed by atoms with Gasteiger partial charge in [0, 0.05) is 15.7 Å². The summed E-state index contributed by atoms with van der Waals surface area (Å²) in [5, 5.41) is 2.85. The number of rotatable bonds is 2. The molecule has 0 fully saturated rings. The largest absolute Gasteiger partial charge is 0.465 e. The quantitative estimate of drug-likeness (QED) is 0.860. The smallest absolute Gasteiger partial charge is 0.255 e. The van der Waals surface area contributed by atoms with Gasteiger partial charge in [0.2, 0.25) is 0 Å². The molecule has 1 aromatic carbocycles. The standard InChI is InChI=1S/C15H10BrNO2/c16-12-5-3-10(4-6-12)14-9-11(15(18)17-14)8-13-2-1-7-19-13/h1-9H,(H,17,18). The summed E-state index contributed by atoms with van der Waals surface area (Å²) in [6, 6.07) is 11.4. The Bertz CT molecular complexity index is 667. The monoisotopic (exact) mass is 315 g/mol. The van der Waals surface area contributed by atoms with Crippen molar-refractivity contribution in [1.82, 2.24) is 5.32 Å². The molecule has 2 aromatic rings. The Kier molecular flexibility index (Phi) is 3.09. The molecule has 3 nitrogen and oxygen atoms in total. The van der Waals surface area contributed by atoms with E-state index in [1.165, 1.54) is 0 Å². The van der Waals surface area contributed by atoms with Gasteiger partial charge >= 0.3 is 0 Å². The van der Waals surface area contributed by atoms with E-state index in [2.05, 4.69) is 21.2 Å². The molecule has 1 aliphatic rings. The second-order valence-electron chi connectivity index (χ2n) is 4.13. The Morgan fingerprint density at radius 1 is 1.16 bits per heavy atom. The van der Waals surface area contributed by atoms with Gasteiger partial charge in [0.25, 0.3) is 5.91 Å². The molecule has 1 N–H and O–H groups in total. The van der Waals surface area contributed by atoms with Crippen LogP contribution in [0.5, 0.6) is 0 Å². The molecule has 0 atom stereocenters. The number of nitrogens with one attached hydrogen (secondary N) is 1. The van der Waals surface area contributed by atoms with Gasteiger partial charge in [-0.2, -0.15) is 0 Å². The van der Waals surface area contributed by atoms with Crippen molar-refractivity contribution in [3.05, 3.63) is 70.1 Å². The van der Waals surface area contributed by atoms with Crippen molar-refractivity contribution in [1.29, 1.82) is 0 Å². The first-order chi connectivity index (χ1) is 9.22. The van der Waals surface area contributed by atoms with Crippen molar-refractivity contribution in [2.24, 2.45) is 0 Å². The minimum atomic E-state index is -0.116. The fourth-order valence-corrected chi connectivity index (χ4v) is 2.13. The third-order valence-corrected chi connectivity index (χ3v) is 3.34. The fourth-order valence-electron chi connectivity index (χ4n) is 1.87. The first-order valence-corrected chi connectivity index (χ1v) is 6.56. The number of furan rings is 1.